The summed E-state index contributed by atoms with van der Waals surface area (Å²) in [5.74, 6) is 0.584. The monoisotopic (exact) mass is 414 g/mol. The van der Waals surface area contributed by atoms with E-state index in [1.807, 2.05) is 18.2 Å². The first-order valence-corrected chi connectivity index (χ1v) is 9.49. The van der Waals surface area contributed by atoms with Crippen molar-refractivity contribution in [3.05, 3.63) is 90.1 Å². The summed E-state index contributed by atoms with van der Waals surface area (Å²) in [6.07, 6.45) is 3.68. The molecule has 2 aromatic carbocycles. The minimum absolute atomic E-state index is 0.287. The first kappa shape index (κ1) is 20.0. The number of benzene rings is 2. The second-order valence-electron chi connectivity index (χ2n) is 6.65. The van der Waals surface area contributed by atoms with Crippen molar-refractivity contribution in [1.82, 2.24) is 15.1 Å². The van der Waals surface area contributed by atoms with E-state index in [0.717, 1.165) is 11.1 Å². The number of hydrogen-bond acceptors (Lipinski definition) is 7. The predicted molar refractivity (Wildman–Crippen MR) is 112 cm³/mol. The molecule has 0 spiro atoms. The van der Waals surface area contributed by atoms with Gasteiger partial charge in [-0.15, -0.1) is 0 Å². The van der Waals surface area contributed by atoms with Gasteiger partial charge in [0.05, 0.1) is 6.42 Å². The van der Waals surface area contributed by atoms with Crippen molar-refractivity contribution in [3.63, 3.8) is 0 Å². The standard InChI is InChI=1S/C23H18N4O4/c1-15(28)30-19-8-6-17(7-9-19)23(29)25-20-5-3-2-4-18(20)14-21-26-22(27-31-21)16-10-12-24-13-11-16/h2-13H,14H2,1H3,(H,25,29). The SMILES string of the molecule is CC(=O)Oc1ccc(C(=O)Nc2ccccc2Cc2nc(-c3ccncc3)no2)cc1. The summed E-state index contributed by atoms with van der Waals surface area (Å²) < 4.78 is 10.4. The Morgan fingerprint density at radius 1 is 1.00 bits per heavy atom. The normalized spacial score (nSPS) is 10.5. The van der Waals surface area contributed by atoms with E-state index in [0.29, 0.717) is 35.1 Å². The highest BCUT2D eigenvalue weighted by Crippen LogP contribution is 2.22. The average molecular weight is 414 g/mol. The van der Waals surface area contributed by atoms with Gasteiger partial charge in [-0.25, -0.2) is 0 Å². The highest BCUT2D eigenvalue weighted by molar-refractivity contribution is 6.04. The molecule has 0 unspecified atom stereocenters. The van der Waals surface area contributed by atoms with E-state index in [4.69, 9.17) is 9.26 Å². The van der Waals surface area contributed by atoms with Crippen molar-refractivity contribution in [3.8, 4) is 17.1 Å². The Morgan fingerprint density at radius 3 is 2.48 bits per heavy atom. The fourth-order valence-corrected chi connectivity index (χ4v) is 2.94. The van der Waals surface area contributed by atoms with Gasteiger partial charge in [-0.2, -0.15) is 4.98 Å². The van der Waals surface area contributed by atoms with Crippen molar-refractivity contribution in [2.24, 2.45) is 0 Å². The highest BCUT2D eigenvalue weighted by Gasteiger charge is 2.14. The van der Waals surface area contributed by atoms with Crippen LogP contribution in [0.3, 0.4) is 0 Å². The number of carbonyl (C=O) groups excluding carboxylic acids is 2. The number of ether oxygens (including phenoxy) is 1. The fourth-order valence-electron chi connectivity index (χ4n) is 2.94. The Morgan fingerprint density at radius 2 is 1.74 bits per heavy atom. The molecule has 0 aliphatic rings. The highest BCUT2D eigenvalue weighted by atomic mass is 16.5. The second kappa shape index (κ2) is 9.00. The van der Waals surface area contributed by atoms with Crippen molar-refractivity contribution < 1.29 is 18.8 Å². The lowest BCUT2D eigenvalue weighted by molar-refractivity contribution is -0.131. The molecule has 8 nitrogen and oxygen atoms in total. The number of aromatic nitrogens is 3. The molecule has 0 radical (unpaired) electrons. The minimum Gasteiger partial charge on any atom is -0.427 e. The number of anilines is 1. The molecule has 0 bridgehead atoms. The van der Waals surface area contributed by atoms with E-state index in [1.165, 1.54) is 6.92 Å². The van der Waals surface area contributed by atoms with Crippen LogP contribution in [-0.2, 0) is 11.2 Å². The Bertz CT molecular complexity index is 1200. The Labute approximate surface area is 177 Å². The van der Waals surface area contributed by atoms with Gasteiger partial charge >= 0.3 is 5.97 Å². The number of hydrogen-bond donors (Lipinski definition) is 1. The largest absolute Gasteiger partial charge is 0.427 e. The number of esters is 1. The van der Waals surface area contributed by atoms with E-state index in [-0.39, 0.29) is 5.91 Å². The van der Waals surface area contributed by atoms with Crippen LogP contribution in [0.4, 0.5) is 5.69 Å². The molecule has 4 aromatic rings. The smallest absolute Gasteiger partial charge is 0.308 e. The van der Waals surface area contributed by atoms with Crippen molar-refractivity contribution in [2.45, 2.75) is 13.3 Å². The Hall–Kier alpha value is -4.33. The Kier molecular flexibility index (Phi) is 5.79. The summed E-state index contributed by atoms with van der Waals surface area (Å²) in [6, 6.07) is 17.3. The van der Waals surface area contributed by atoms with E-state index >= 15 is 0 Å². The number of amides is 1. The predicted octanol–water partition coefficient (Wildman–Crippen LogP) is 3.90. The molecule has 0 aliphatic carbocycles. The summed E-state index contributed by atoms with van der Waals surface area (Å²) in [5.41, 5.74) is 2.71. The maximum absolute atomic E-state index is 12.7. The summed E-state index contributed by atoms with van der Waals surface area (Å²) in [5, 5.41) is 6.91. The van der Waals surface area contributed by atoms with Crippen molar-refractivity contribution in [1.29, 1.82) is 0 Å². The zero-order chi connectivity index (χ0) is 21.6. The number of carbonyl (C=O) groups is 2. The molecule has 2 heterocycles. The third kappa shape index (κ3) is 4.99. The van der Waals surface area contributed by atoms with Crippen molar-refractivity contribution >= 4 is 17.6 Å². The van der Waals surface area contributed by atoms with E-state index < -0.39 is 5.97 Å². The van der Waals surface area contributed by atoms with Gasteiger partial charge < -0.3 is 14.6 Å². The average Bonchev–Trinajstić information content (AvgIpc) is 3.24. The molecule has 0 atom stereocenters. The van der Waals surface area contributed by atoms with Gasteiger partial charge in [-0.1, -0.05) is 23.4 Å². The van der Waals surface area contributed by atoms with E-state index in [1.54, 1.807) is 54.9 Å². The zero-order valence-electron chi connectivity index (χ0n) is 16.6. The van der Waals surface area contributed by atoms with Gasteiger partial charge in [0.15, 0.2) is 0 Å². The summed E-state index contributed by atoms with van der Waals surface area (Å²) in [6.45, 7) is 1.32. The van der Waals surface area contributed by atoms with Crippen LogP contribution in [0.15, 0.2) is 77.6 Å². The van der Waals surface area contributed by atoms with Crippen LogP contribution in [0.5, 0.6) is 5.75 Å². The molecule has 31 heavy (non-hydrogen) atoms. The fraction of sp³-hybridized carbons (Fsp3) is 0.0870. The first-order chi connectivity index (χ1) is 15.1. The third-order valence-electron chi connectivity index (χ3n) is 4.39. The van der Waals surface area contributed by atoms with Crippen molar-refractivity contribution in [2.75, 3.05) is 5.32 Å². The molecular formula is C23H18N4O4. The number of nitrogens with one attached hydrogen (secondary N) is 1. The van der Waals surface area contributed by atoms with Gasteiger partial charge in [0.25, 0.3) is 5.91 Å². The molecule has 0 aliphatic heterocycles. The van der Waals surface area contributed by atoms with Gasteiger partial charge in [0, 0.05) is 36.1 Å². The zero-order valence-corrected chi connectivity index (χ0v) is 16.6. The lowest BCUT2D eigenvalue weighted by atomic mass is 10.1. The number of nitrogens with zero attached hydrogens (tertiary/aromatic N) is 3. The van der Waals surface area contributed by atoms with E-state index in [9.17, 15) is 9.59 Å². The molecule has 154 valence electrons. The third-order valence-corrected chi connectivity index (χ3v) is 4.39. The maximum atomic E-state index is 12.7. The lowest BCUT2D eigenvalue weighted by Gasteiger charge is -2.10. The topological polar surface area (TPSA) is 107 Å². The van der Waals surface area contributed by atoms with Crippen LogP contribution in [0.1, 0.15) is 28.7 Å². The molecule has 1 N–H and O–H groups in total. The summed E-state index contributed by atoms with van der Waals surface area (Å²) >= 11 is 0. The van der Waals surface area contributed by atoms with Gasteiger partial charge in [0.2, 0.25) is 11.7 Å². The van der Waals surface area contributed by atoms with Crippen LogP contribution in [0, 0.1) is 0 Å². The second-order valence-corrected chi connectivity index (χ2v) is 6.65. The molecule has 0 fully saturated rings. The number of pyridine rings is 1. The molecule has 4 rings (SSSR count). The van der Waals surface area contributed by atoms with Gasteiger partial charge in [0.1, 0.15) is 5.75 Å². The maximum Gasteiger partial charge on any atom is 0.308 e. The molecule has 8 heteroatoms. The minimum atomic E-state index is -0.417. The molecule has 1 amide bonds. The van der Waals surface area contributed by atoms with Crippen LogP contribution in [0.25, 0.3) is 11.4 Å². The number of para-hydroxylation sites is 1. The van der Waals surface area contributed by atoms with Crippen LogP contribution < -0.4 is 10.1 Å². The first-order valence-electron chi connectivity index (χ1n) is 9.49. The Balaban J connectivity index is 1.48. The van der Waals surface area contributed by atoms with Gasteiger partial charge in [-0.3, -0.25) is 14.6 Å². The van der Waals surface area contributed by atoms with Crippen LogP contribution in [-0.4, -0.2) is 27.0 Å². The van der Waals surface area contributed by atoms with Crippen LogP contribution in [0.2, 0.25) is 0 Å². The molecular weight excluding hydrogens is 396 g/mol. The number of rotatable bonds is 6. The molecule has 0 saturated heterocycles. The van der Waals surface area contributed by atoms with Gasteiger partial charge in [-0.05, 0) is 48.0 Å². The molecule has 2 aromatic heterocycles. The van der Waals surface area contributed by atoms with Crippen LogP contribution >= 0.6 is 0 Å². The summed E-state index contributed by atoms with van der Waals surface area (Å²) in [7, 11) is 0. The lowest BCUT2D eigenvalue weighted by Crippen LogP contribution is -2.13. The summed E-state index contributed by atoms with van der Waals surface area (Å²) in [4.78, 5) is 32.1. The quantitative estimate of drug-likeness (QED) is 0.377. The van der Waals surface area contributed by atoms with E-state index in [2.05, 4.69) is 20.4 Å². The molecule has 0 saturated carbocycles.